The Kier molecular flexibility index (Phi) is 4.09. The number of aryl methyl sites for hydroxylation is 1. The molecule has 0 aliphatic carbocycles. The maximum Gasteiger partial charge on any atom is 0.276 e. The second kappa shape index (κ2) is 5.65. The Balaban J connectivity index is 2.25. The van der Waals surface area contributed by atoms with Crippen LogP contribution >= 0.6 is 0 Å². The fraction of sp³-hybridized carbons (Fsp3) is 0.400. The number of rotatable bonds is 3. The summed E-state index contributed by atoms with van der Waals surface area (Å²) in [6, 6.07) is 3.41. The Bertz CT molecular complexity index is 656. The first-order chi connectivity index (χ1) is 9.82. The van der Waals surface area contributed by atoms with Crippen LogP contribution in [0.1, 0.15) is 42.5 Å². The van der Waals surface area contributed by atoms with Gasteiger partial charge in [0.05, 0.1) is 24.0 Å². The van der Waals surface area contributed by atoms with E-state index in [2.05, 4.69) is 15.4 Å². The number of amides is 1. The number of aliphatic hydroxyl groups is 1. The summed E-state index contributed by atoms with van der Waals surface area (Å²) in [6.45, 7) is 7.84. The molecule has 0 atom stereocenters. The highest BCUT2D eigenvalue weighted by molar-refractivity contribution is 6.03. The van der Waals surface area contributed by atoms with Crippen molar-refractivity contribution in [2.24, 2.45) is 0 Å². The van der Waals surface area contributed by atoms with E-state index < -0.39 is 0 Å². The zero-order chi connectivity index (χ0) is 15.6. The largest absolute Gasteiger partial charge is 0.392 e. The third-order valence-corrected chi connectivity index (χ3v) is 3.09. The molecule has 2 N–H and O–H groups in total. The van der Waals surface area contributed by atoms with Gasteiger partial charge in [-0.05, 0) is 39.8 Å². The minimum absolute atomic E-state index is 0.159. The van der Waals surface area contributed by atoms with E-state index in [9.17, 15) is 9.90 Å². The Hall–Kier alpha value is -2.21. The van der Waals surface area contributed by atoms with Crippen LogP contribution in [0.25, 0.3) is 0 Å². The average molecular weight is 288 g/mol. The van der Waals surface area contributed by atoms with Gasteiger partial charge < -0.3 is 10.4 Å². The van der Waals surface area contributed by atoms with E-state index >= 15 is 0 Å². The number of aromatic nitrogens is 3. The highest BCUT2D eigenvalue weighted by Crippen LogP contribution is 2.18. The summed E-state index contributed by atoms with van der Waals surface area (Å²) in [5, 5.41) is 16.3. The molecular weight excluding hydrogens is 268 g/mol. The molecular formula is C15H20N4O2. The molecule has 0 saturated heterocycles. The molecule has 0 aliphatic rings. The van der Waals surface area contributed by atoms with Crippen LogP contribution in [-0.2, 0) is 12.1 Å². The summed E-state index contributed by atoms with van der Waals surface area (Å²) in [6.07, 6.45) is 3.08. The average Bonchev–Trinajstić information content (AvgIpc) is 2.81. The van der Waals surface area contributed by atoms with Crippen molar-refractivity contribution < 1.29 is 9.90 Å². The van der Waals surface area contributed by atoms with E-state index in [-0.39, 0.29) is 18.1 Å². The molecule has 6 heteroatoms. The Labute approximate surface area is 123 Å². The molecule has 112 valence electrons. The number of nitrogens with one attached hydrogen (secondary N) is 1. The molecule has 0 saturated carbocycles. The second-order valence-electron chi connectivity index (χ2n) is 5.90. The lowest BCUT2D eigenvalue weighted by molar-refractivity contribution is 0.102. The van der Waals surface area contributed by atoms with Crippen LogP contribution in [-0.4, -0.2) is 25.8 Å². The number of nitrogens with zero attached hydrogens (tertiary/aromatic N) is 3. The molecule has 0 radical (unpaired) electrons. The normalized spacial score (nSPS) is 11.5. The van der Waals surface area contributed by atoms with Crippen molar-refractivity contribution in [3.8, 4) is 0 Å². The molecule has 2 heterocycles. The van der Waals surface area contributed by atoms with Gasteiger partial charge in [-0.3, -0.25) is 14.5 Å². The van der Waals surface area contributed by atoms with E-state index in [1.165, 1.54) is 6.20 Å². The van der Waals surface area contributed by atoms with Crippen molar-refractivity contribution >= 4 is 11.6 Å². The van der Waals surface area contributed by atoms with Gasteiger partial charge in [0.15, 0.2) is 5.69 Å². The number of carbonyl (C=O) groups is 1. The lowest BCUT2D eigenvalue weighted by atomic mass is 10.1. The number of carbonyl (C=O) groups excluding carboxylic acids is 1. The first kappa shape index (κ1) is 15.2. The maximum absolute atomic E-state index is 12.3. The molecule has 21 heavy (non-hydrogen) atoms. The minimum atomic E-state index is -0.316. The molecule has 0 spiro atoms. The molecule has 0 unspecified atom stereocenters. The zero-order valence-corrected chi connectivity index (χ0v) is 12.7. The molecule has 0 aliphatic heterocycles. The Morgan fingerprint density at radius 2 is 2.14 bits per heavy atom. The van der Waals surface area contributed by atoms with Gasteiger partial charge in [0.1, 0.15) is 0 Å². The fourth-order valence-electron chi connectivity index (χ4n) is 2.12. The Morgan fingerprint density at radius 1 is 1.43 bits per heavy atom. The van der Waals surface area contributed by atoms with Gasteiger partial charge in [-0.2, -0.15) is 5.10 Å². The third kappa shape index (κ3) is 3.28. The highest BCUT2D eigenvalue weighted by Gasteiger charge is 2.20. The number of aliphatic hydroxyl groups excluding tert-OH is 1. The summed E-state index contributed by atoms with van der Waals surface area (Å²) in [5.41, 5.74) is 2.18. The highest BCUT2D eigenvalue weighted by atomic mass is 16.3. The minimum Gasteiger partial charge on any atom is -0.392 e. The maximum atomic E-state index is 12.3. The topological polar surface area (TPSA) is 80.0 Å². The number of hydrogen-bond donors (Lipinski definition) is 2. The number of pyridine rings is 1. The molecule has 0 aromatic carbocycles. The molecule has 0 fully saturated rings. The first-order valence-corrected chi connectivity index (χ1v) is 6.75. The molecule has 6 nitrogen and oxygen atoms in total. The van der Waals surface area contributed by atoms with Gasteiger partial charge in [-0.15, -0.1) is 0 Å². The predicted molar refractivity (Wildman–Crippen MR) is 80.1 cm³/mol. The predicted octanol–water partition coefficient (Wildman–Crippen LogP) is 2.09. The van der Waals surface area contributed by atoms with Crippen LogP contribution in [0.3, 0.4) is 0 Å². The van der Waals surface area contributed by atoms with Crippen LogP contribution in [0.2, 0.25) is 0 Å². The SMILES string of the molecule is Cc1cc(C(=O)Nc2cnccc2CO)nn1C(C)(C)C. The summed E-state index contributed by atoms with van der Waals surface area (Å²) < 4.78 is 1.82. The van der Waals surface area contributed by atoms with Gasteiger partial charge >= 0.3 is 0 Å². The van der Waals surface area contributed by atoms with Gasteiger partial charge in [-0.25, -0.2) is 0 Å². The van der Waals surface area contributed by atoms with E-state index in [0.29, 0.717) is 16.9 Å². The van der Waals surface area contributed by atoms with Gasteiger partial charge in [0, 0.05) is 17.5 Å². The lowest BCUT2D eigenvalue weighted by Gasteiger charge is -2.21. The summed E-state index contributed by atoms with van der Waals surface area (Å²) in [5.74, 6) is -0.316. The summed E-state index contributed by atoms with van der Waals surface area (Å²) in [7, 11) is 0. The van der Waals surface area contributed by atoms with E-state index in [4.69, 9.17) is 0 Å². The molecule has 2 aromatic heterocycles. The molecule has 0 bridgehead atoms. The van der Waals surface area contributed by atoms with Crippen LogP contribution in [0.4, 0.5) is 5.69 Å². The van der Waals surface area contributed by atoms with Crippen molar-refractivity contribution in [2.75, 3.05) is 5.32 Å². The van der Waals surface area contributed by atoms with Crippen LogP contribution in [0.5, 0.6) is 0 Å². The fourth-order valence-corrected chi connectivity index (χ4v) is 2.12. The zero-order valence-electron chi connectivity index (χ0n) is 12.7. The van der Waals surface area contributed by atoms with Crippen LogP contribution in [0.15, 0.2) is 24.5 Å². The summed E-state index contributed by atoms with van der Waals surface area (Å²) in [4.78, 5) is 16.2. The van der Waals surface area contributed by atoms with Crippen molar-refractivity contribution in [1.29, 1.82) is 0 Å². The van der Waals surface area contributed by atoms with E-state index in [0.717, 1.165) is 5.69 Å². The number of anilines is 1. The van der Waals surface area contributed by atoms with Gasteiger partial charge in [-0.1, -0.05) is 0 Å². The number of hydrogen-bond acceptors (Lipinski definition) is 4. The van der Waals surface area contributed by atoms with Crippen LogP contribution < -0.4 is 5.32 Å². The molecule has 1 amide bonds. The van der Waals surface area contributed by atoms with Gasteiger partial charge in [0.2, 0.25) is 0 Å². The monoisotopic (exact) mass is 288 g/mol. The van der Waals surface area contributed by atoms with Gasteiger partial charge in [0.25, 0.3) is 5.91 Å². The van der Waals surface area contributed by atoms with E-state index in [1.807, 2.05) is 32.4 Å². The Morgan fingerprint density at radius 3 is 2.71 bits per heavy atom. The quantitative estimate of drug-likeness (QED) is 0.906. The van der Waals surface area contributed by atoms with Crippen molar-refractivity contribution in [2.45, 2.75) is 39.8 Å². The first-order valence-electron chi connectivity index (χ1n) is 6.75. The van der Waals surface area contributed by atoms with Crippen molar-refractivity contribution in [1.82, 2.24) is 14.8 Å². The van der Waals surface area contributed by atoms with Crippen molar-refractivity contribution in [3.63, 3.8) is 0 Å². The summed E-state index contributed by atoms with van der Waals surface area (Å²) >= 11 is 0. The molecule has 2 aromatic rings. The molecule has 2 rings (SSSR count). The second-order valence-corrected chi connectivity index (χ2v) is 5.90. The standard InChI is InChI=1S/C15H20N4O2/c1-10-7-12(18-19(10)15(2,3)4)14(21)17-13-8-16-6-5-11(13)9-20/h5-8,20H,9H2,1-4H3,(H,17,21). The van der Waals surface area contributed by atoms with E-state index in [1.54, 1.807) is 18.3 Å². The third-order valence-electron chi connectivity index (χ3n) is 3.09. The lowest BCUT2D eigenvalue weighted by Crippen LogP contribution is -2.25. The smallest absolute Gasteiger partial charge is 0.276 e. The van der Waals surface area contributed by atoms with Crippen molar-refractivity contribution in [3.05, 3.63) is 41.5 Å². The van der Waals surface area contributed by atoms with Crippen LogP contribution in [0, 0.1) is 6.92 Å².